The second kappa shape index (κ2) is 14.2. The number of nitrogens with two attached hydrogens (primary N) is 2. The molecule has 0 radical (unpaired) electrons. The number of anilines is 2. The summed E-state index contributed by atoms with van der Waals surface area (Å²) in [5.41, 5.74) is 14.2. The summed E-state index contributed by atoms with van der Waals surface area (Å²) in [5.74, 6) is -0.678. The maximum atomic E-state index is 12.5. The minimum absolute atomic E-state index is 0.0137. The van der Waals surface area contributed by atoms with Crippen LogP contribution >= 0.6 is 22.7 Å². The largest absolute Gasteiger partial charge is 0.465 e. The number of Topliss-reactive ketones (excluding diaryl/α,β-unsaturated/α-hetero) is 1. The average molecular weight is 771 g/mol. The van der Waals surface area contributed by atoms with Gasteiger partial charge in [0.05, 0.1) is 36.5 Å². The van der Waals surface area contributed by atoms with E-state index < -0.39 is 18.4 Å². The summed E-state index contributed by atoms with van der Waals surface area (Å²) in [6.45, 7) is 6.09. The number of hydrogen-bond acceptors (Lipinski definition) is 22. The van der Waals surface area contributed by atoms with Crippen molar-refractivity contribution in [2.75, 3.05) is 25.2 Å². The highest BCUT2D eigenvalue weighted by atomic mass is 32.1. The summed E-state index contributed by atoms with van der Waals surface area (Å²) in [4.78, 5) is 33.6. The molecule has 0 aliphatic heterocycles. The number of rotatable bonds is 11. The molecule has 0 aromatic carbocycles. The van der Waals surface area contributed by atoms with Crippen molar-refractivity contribution in [2.45, 2.75) is 27.7 Å². The number of ether oxygens (including phenoxy) is 1. The number of hydrogen-bond donors (Lipinski definition) is 3. The number of azo groups is 2. The molecule has 24 nitrogen and oxygen atoms in total. The summed E-state index contributed by atoms with van der Waals surface area (Å²) in [7, 11) is 1.24. The van der Waals surface area contributed by atoms with Crippen LogP contribution in [-0.4, -0.2) is 100 Å². The molecule has 26 heteroatoms. The lowest BCUT2D eigenvalue weighted by atomic mass is 10.2. The fourth-order valence-electron chi connectivity index (χ4n) is 4.87. The molecule has 0 fully saturated rings. The number of aliphatic hydroxyl groups excluding tert-OH is 1. The molecule has 7 heterocycles. The highest BCUT2D eigenvalue weighted by Gasteiger charge is 2.24. The number of carbonyl (C=O) groups excluding carboxylic acids is 2. The van der Waals surface area contributed by atoms with Crippen molar-refractivity contribution >= 4 is 69.1 Å². The van der Waals surface area contributed by atoms with Crippen LogP contribution in [0.5, 0.6) is 0 Å². The first-order valence-corrected chi connectivity index (χ1v) is 17.0. The lowest BCUT2D eigenvalue weighted by molar-refractivity contribution is 0.0601. The number of nitrogens with zero attached hydrogens (tertiary/aromatic N) is 18. The Labute approximate surface area is 309 Å². The third-order valence-electron chi connectivity index (χ3n) is 7.42. The van der Waals surface area contributed by atoms with Crippen LogP contribution in [-0.2, 0) is 4.74 Å². The summed E-state index contributed by atoms with van der Waals surface area (Å²) in [6, 6.07) is 1.53. The van der Waals surface area contributed by atoms with Gasteiger partial charge in [-0.05, 0) is 27.7 Å². The van der Waals surface area contributed by atoms with Gasteiger partial charge in [0.25, 0.3) is 0 Å². The fourth-order valence-corrected chi connectivity index (χ4v) is 6.16. The zero-order valence-corrected chi connectivity index (χ0v) is 30.3. The number of aryl methyl sites for hydroxylation is 4. The molecule has 0 amide bonds. The van der Waals surface area contributed by atoms with Crippen LogP contribution in [0.2, 0.25) is 0 Å². The van der Waals surface area contributed by atoms with Crippen molar-refractivity contribution in [1.29, 1.82) is 0 Å². The van der Waals surface area contributed by atoms with Gasteiger partial charge in [-0.2, -0.15) is 39.1 Å². The van der Waals surface area contributed by atoms with Gasteiger partial charge in [-0.25, -0.2) is 14.8 Å². The van der Waals surface area contributed by atoms with E-state index in [2.05, 4.69) is 71.2 Å². The molecule has 0 aliphatic carbocycles. The normalized spacial score (nSPS) is 11.7. The van der Waals surface area contributed by atoms with Crippen molar-refractivity contribution in [3.8, 4) is 21.9 Å². The third kappa shape index (κ3) is 6.34. The van der Waals surface area contributed by atoms with Gasteiger partial charge in [0.1, 0.15) is 28.5 Å². The Morgan fingerprint density at radius 2 is 1.22 bits per heavy atom. The Morgan fingerprint density at radius 1 is 0.741 bits per heavy atom. The standard InChI is InChI=1S/C28H26N20O4S2/c1-11-20(37-39-24-15(17(50)9-49)7-33-47(24)27-41-35-13(3)53-27)22(29)45(43-11)18-6-19(32-10-31-18)46-23(30)21(12(2)44-46)38-40-25-16(26(51)52-5)8-34-48(25)28-42-36-14(4)54-28/h6-8,10,49H,9,29-30H2,1-5H3. The summed E-state index contributed by atoms with van der Waals surface area (Å²) < 4.78 is 10.1. The molecule has 0 atom stereocenters. The van der Waals surface area contributed by atoms with Crippen LogP contribution in [0.25, 0.3) is 21.9 Å². The van der Waals surface area contributed by atoms with Gasteiger partial charge in [0.2, 0.25) is 10.3 Å². The van der Waals surface area contributed by atoms with Gasteiger partial charge in [-0.15, -0.1) is 40.9 Å². The molecular weight excluding hydrogens is 745 g/mol. The van der Waals surface area contributed by atoms with Gasteiger partial charge in [-0.3, -0.25) is 4.79 Å². The SMILES string of the molecule is COC(=O)c1cnn(-c2nnc(C)s2)c1N=Nc1c(C)nn(-c2cc(-n3nc(C)c(N=Nc4c(C(=O)CO)cnn4-c4nnc(C)s4)c3N)ncn2)c1N. The first kappa shape index (κ1) is 35.3. The minimum atomic E-state index is -0.768. The molecule has 7 aromatic heterocycles. The quantitative estimate of drug-likeness (QED) is 0.0966. The maximum Gasteiger partial charge on any atom is 0.343 e. The molecule has 0 spiro atoms. The number of carbonyl (C=O) groups is 2. The van der Waals surface area contributed by atoms with Gasteiger partial charge < -0.3 is 21.3 Å². The van der Waals surface area contributed by atoms with E-state index in [1.165, 1.54) is 73.3 Å². The fraction of sp³-hybridized carbons (Fsp3) is 0.214. The first-order valence-electron chi connectivity index (χ1n) is 15.3. The topological polar surface area (TPSA) is 314 Å². The van der Waals surface area contributed by atoms with E-state index in [4.69, 9.17) is 16.2 Å². The van der Waals surface area contributed by atoms with E-state index in [1.807, 2.05) is 0 Å². The molecule has 7 rings (SSSR count). The zero-order chi connectivity index (χ0) is 38.3. The van der Waals surface area contributed by atoms with Crippen LogP contribution < -0.4 is 11.5 Å². The maximum absolute atomic E-state index is 12.5. The van der Waals surface area contributed by atoms with Crippen molar-refractivity contribution in [3.05, 3.63) is 57.3 Å². The van der Waals surface area contributed by atoms with E-state index >= 15 is 0 Å². The summed E-state index contributed by atoms with van der Waals surface area (Å²) in [6.07, 6.45) is 3.82. The Bertz CT molecular complexity index is 2450. The van der Waals surface area contributed by atoms with Crippen LogP contribution in [0, 0.1) is 27.7 Å². The van der Waals surface area contributed by atoms with E-state index in [-0.39, 0.29) is 57.4 Å². The Hall–Kier alpha value is -7.06. The summed E-state index contributed by atoms with van der Waals surface area (Å²) >= 11 is 2.46. The molecular formula is C28H26N20O4S2. The van der Waals surface area contributed by atoms with Crippen LogP contribution in [0.4, 0.5) is 34.6 Å². The van der Waals surface area contributed by atoms with Gasteiger partial charge >= 0.3 is 5.97 Å². The van der Waals surface area contributed by atoms with Gasteiger partial charge in [-0.1, -0.05) is 22.7 Å². The lowest BCUT2D eigenvalue weighted by Gasteiger charge is -2.06. The number of aromatic nitrogens is 14. The van der Waals surface area contributed by atoms with E-state index in [1.54, 1.807) is 27.7 Å². The highest BCUT2D eigenvalue weighted by Crippen LogP contribution is 2.35. The third-order valence-corrected chi connectivity index (χ3v) is 9.05. The molecule has 0 saturated heterocycles. The van der Waals surface area contributed by atoms with Gasteiger partial charge in [0, 0.05) is 6.07 Å². The molecule has 7 aromatic rings. The van der Waals surface area contributed by atoms with Crippen LogP contribution in [0.1, 0.15) is 42.1 Å². The first-order chi connectivity index (χ1) is 26.0. The average Bonchev–Trinajstić information content (AvgIpc) is 4.03. The zero-order valence-electron chi connectivity index (χ0n) is 28.7. The molecule has 0 unspecified atom stereocenters. The molecule has 5 N–H and O–H groups in total. The smallest absolute Gasteiger partial charge is 0.343 e. The highest BCUT2D eigenvalue weighted by molar-refractivity contribution is 7.13. The van der Waals surface area contributed by atoms with Crippen molar-refractivity contribution in [2.24, 2.45) is 20.5 Å². The second-order valence-corrected chi connectivity index (χ2v) is 13.3. The van der Waals surface area contributed by atoms with Crippen LogP contribution in [0.15, 0.2) is 45.2 Å². The van der Waals surface area contributed by atoms with E-state index in [0.29, 0.717) is 31.7 Å². The van der Waals surface area contributed by atoms with Crippen LogP contribution in [0.3, 0.4) is 0 Å². The number of aliphatic hydroxyl groups is 1. The second-order valence-electron chi connectivity index (χ2n) is 11.0. The minimum Gasteiger partial charge on any atom is -0.465 e. The molecule has 0 bridgehead atoms. The molecule has 274 valence electrons. The molecule has 54 heavy (non-hydrogen) atoms. The number of methoxy groups -OCH3 is 1. The Kier molecular flexibility index (Phi) is 9.27. The number of nitrogen functional groups attached to an aromatic ring is 2. The number of esters is 1. The summed E-state index contributed by atoms with van der Waals surface area (Å²) in [5, 5.41) is 62.3. The van der Waals surface area contributed by atoms with Crippen molar-refractivity contribution < 1.29 is 19.4 Å². The van der Waals surface area contributed by atoms with Crippen molar-refractivity contribution in [1.82, 2.24) is 69.5 Å². The van der Waals surface area contributed by atoms with E-state index in [0.717, 1.165) is 0 Å². The lowest BCUT2D eigenvalue weighted by Crippen LogP contribution is -2.09. The van der Waals surface area contributed by atoms with E-state index in [9.17, 15) is 14.7 Å². The Balaban J connectivity index is 1.21. The predicted octanol–water partition coefficient (Wildman–Crippen LogP) is 3.11. The van der Waals surface area contributed by atoms with Gasteiger partial charge in [0.15, 0.2) is 52.1 Å². The predicted molar refractivity (Wildman–Crippen MR) is 189 cm³/mol. The molecule has 0 saturated carbocycles. The monoisotopic (exact) mass is 770 g/mol. The Morgan fingerprint density at radius 3 is 1.67 bits per heavy atom. The van der Waals surface area contributed by atoms with Crippen molar-refractivity contribution in [3.63, 3.8) is 0 Å². The number of ketones is 1. The molecule has 0 aliphatic rings.